The summed E-state index contributed by atoms with van der Waals surface area (Å²) < 4.78 is 24.9. The SMILES string of the molecule is CCS(=O)(=O)Nc1ccc(C(N)=S)cc1. The van der Waals surface area contributed by atoms with Gasteiger partial charge < -0.3 is 5.73 Å². The minimum absolute atomic E-state index is 0.0457. The molecular weight excluding hydrogens is 232 g/mol. The molecule has 0 spiro atoms. The summed E-state index contributed by atoms with van der Waals surface area (Å²) in [6.45, 7) is 1.58. The van der Waals surface area contributed by atoms with E-state index in [-0.39, 0.29) is 5.75 Å². The van der Waals surface area contributed by atoms with E-state index in [1.807, 2.05) is 0 Å². The highest BCUT2D eigenvalue weighted by atomic mass is 32.2. The molecule has 0 aliphatic heterocycles. The Kier molecular flexibility index (Phi) is 3.65. The van der Waals surface area contributed by atoms with Crippen molar-refractivity contribution in [3.8, 4) is 0 Å². The Morgan fingerprint density at radius 3 is 2.33 bits per heavy atom. The third-order valence-corrected chi connectivity index (χ3v) is 3.37. The lowest BCUT2D eigenvalue weighted by Crippen LogP contribution is -2.15. The molecule has 0 heterocycles. The van der Waals surface area contributed by atoms with Crippen LogP contribution < -0.4 is 10.5 Å². The fraction of sp³-hybridized carbons (Fsp3) is 0.222. The average molecular weight is 244 g/mol. The molecule has 82 valence electrons. The lowest BCUT2D eigenvalue weighted by molar-refractivity contribution is 0.602. The second kappa shape index (κ2) is 4.59. The largest absolute Gasteiger partial charge is 0.389 e. The van der Waals surface area contributed by atoms with Crippen molar-refractivity contribution in [1.82, 2.24) is 0 Å². The summed E-state index contributed by atoms with van der Waals surface area (Å²) in [6.07, 6.45) is 0. The van der Waals surface area contributed by atoms with Crippen LogP contribution >= 0.6 is 12.2 Å². The van der Waals surface area contributed by atoms with Gasteiger partial charge in [-0.1, -0.05) is 12.2 Å². The van der Waals surface area contributed by atoms with E-state index in [1.165, 1.54) is 0 Å². The van der Waals surface area contributed by atoms with Crippen LogP contribution in [0.3, 0.4) is 0 Å². The van der Waals surface area contributed by atoms with Crippen molar-refractivity contribution in [3.05, 3.63) is 29.8 Å². The molecule has 0 atom stereocenters. The summed E-state index contributed by atoms with van der Waals surface area (Å²) in [4.78, 5) is 0.292. The molecular formula is C9H12N2O2S2. The zero-order valence-corrected chi connectivity index (χ0v) is 9.86. The van der Waals surface area contributed by atoms with E-state index in [1.54, 1.807) is 31.2 Å². The van der Waals surface area contributed by atoms with Crippen molar-refractivity contribution >= 4 is 32.9 Å². The summed E-state index contributed by atoms with van der Waals surface area (Å²) in [5, 5.41) is 0. The normalized spacial score (nSPS) is 11.0. The van der Waals surface area contributed by atoms with Crippen LogP contribution in [0.25, 0.3) is 0 Å². The molecule has 4 nitrogen and oxygen atoms in total. The topological polar surface area (TPSA) is 72.2 Å². The number of benzene rings is 1. The van der Waals surface area contributed by atoms with E-state index < -0.39 is 10.0 Å². The van der Waals surface area contributed by atoms with E-state index in [2.05, 4.69) is 4.72 Å². The van der Waals surface area contributed by atoms with Crippen molar-refractivity contribution in [3.63, 3.8) is 0 Å². The number of hydrogen-bond donors (Lipinski definition) is 2. The number of thiocarbonyl (C=S) groups is 1. The Hall–Kier alpha value is -1.14. The minimum atomic E-state index is -3.22. The van der Waals surface area contributed by atoms with E-state index in [4.69, 9.17) is 18.0 Å². The molecule has 0 amide bonds. The predicted molar refractivity (Wildman–Crippen MR) is 65.4 cm³/mol. The number of hydrogen-bond acceptors (Lipinski definition) is 3. The Morgan fingerprint density at radius 1 is 1.40 bits per heavy atom. The monoisotopic (exact) mass is 244 g/mol. The molecule has 0 aliphatic rings. The van der Waals surface area contributed by atoms with E-state index in [9.17, 15) is 8.42 Å². The predicted octanol–water partition coefficient (Wildman–Crippen LogP) is 1.08. The average Bonchev–Trinajstić information content (AvgIpc) is 2.18. The second-order valence-electron chi connectivity index (χ2n) is 2.95. The smallest absolute Gasteiger partial charge is 0.232 e. The zero-order valence-electron chi connectivity index (χ0n) is 8.23. The first kappa shape index (κ1) is 11.9. The number of nitrogens with one attached hydrogen (secondary N) is 1. The number of sulfonamides is 1. The van der Waals surface area contributed by atoms with Crippen LogP contribution in [-0.4, -0.2) is 19.2 Å². The highest BCUT2D eigenvalue weighted by molar-refractivity contribution is 7.92. The zero-order chi connectivity index (χ0) is 11.5. The Labute approximate surface area is 94.5 Å². The highest BCUT2D eigenvalue weighted by Crippen LogP contribution is 2.11. The molecule has 15 heavy (non-hydrogen) atoms. The first-order valence-electron chi connectivity index (χ1n) is 4.35. The van der Waals surface area contributed by atoms with Crippen LogP contribution in [0.1, 0.15) is 12.5 Å². The van der Waals surface area contributed by atoms with Crippen molar-refractivity contribution in [1.29, 1.82) is 0 Å². The standard InChI is InChI=1S/C9H12N2O2S2/c1-2-15(12,13)11-8-5-3-7(4-6-8)9(10)14/h3-6,11H,2H2,1H3,(H2,10,14). The van der Waals surface area contributed by atoms with Gasteiger partial charge in [-0.3, -0.25) is 4.72 Å². The van der Waals surface area contributed by atoms with Gasteiger partial charge in [0.1, 0.15) is 4.99 Å². The van der Waals surface area contributed by atoms with Crippen LogP contribution in [0.5, 0.6) is 0 Å². The van der Waals surface area contributed by atoms with Gasteiger partial charge >= 0.3 is 0 Å². The quantitative estimate of drug-likeness (QED) is 0.777. The van der Waals surface area contributed by atoms with Crippen molar-refractivity contribution < 1.29 is 8.42 Å². The first-order valence-corrected chi connectivity index (χ1v) is 6.41. The van der Waals surface area contributed by atoms with E-state index in [0.717, 1.165) is 0 Å². The fourth-order valence-electron chi connectivity index (χ4n) is 0.954. The Morgan fingerprint density at radius 2 is 1.93 bits per heavy atom. The van der Waals surface area contributed by atoms with Crippen LogP contribution in [0, 0.1) is 0 Å². The van der Waals surface area contributed by atoms with Gasteiger partial charge in [-0.15, -0.1) is 0 Å². The molecule has 1 rings (SSSR count). The highest BCUT2D eigenvalue weighted by Gasteiger charge is 2.06. The fourth-order valence-corrected chi connectivity index (χ4v) is 1.73. The third-order valence-electron chi connectivity index (χ3n) is 1.82. The summed E-state index contributed by atoms with van der Waals surface area (Å²) in [6, 6.07) is 6.61. The van der Waals surface area contributed by atoms with Gasteiger partial charge in [-0.05, 0) is 31.2 Å². The molecule has 0 saturated heterocycles. The van der Waals surface area contributed by atoms with Gasteiger partial charge in [0, 0.05) is 11.3 Å². The molecule has 0 fully saturated rings. The number of anilines is 1. The number of nitrogens with two attached hydrogens (primary N) is 1. The molecule has 6 heteroatoms. The van der Waals surface area contributed by atoms with Crippen LogP contribution in [-0.2, 0) is 10.0 Å². The molecule has 0 saturated carbocycles. The lowest BCUT2D eigenvalue weighted by Gasteiger charge is -2.06. The summed E-state index contributed by atoms with van der Waals surface area (Å²) in [5.74, 6) is 0.0457. The van der Waals surface area contributed by atoms with Crippen LogP contribution in [0.15, 0.2) is 24.3 Å². The van der Waals surface area contributed by atoms with Gasteiger partial charge in [-0.25, -0.2) is 8.42 Å². The van der Waals surface area contributed by atoms with Crippen LogP contribution in [0.4, 0.5) is 5.69 Å². The maximum Gasteiger partial charge on any atom is 0.232 e. The van der Waals surface area contributed by atoms with Crippen LogP contribution in [0.2, 0.25) is 0 Å². The molecule has 3 N–H and O–H groups in total. The molecule has 0 radical (unpaired) electrons. The van der Waals surface area contributed by atoms with E-state index in [0.29, 0.717) is 16.2 Å². The Bertz CT molecular complexity index is 452. The molecule has 0 unspecified atom stereocenters. The van der Waals surface area contributed by atoms with Crippen molar-refractivity contribution in [2.24, 2.45) is 5.73 Å². The van der Waals surface area contributed by atoms with Gasteiger partial charge in [0.2, 0.25) is 10.0 Å². The molecule has 1 aromatic rings. The van der Waals surface area contributed by atoms with Gasteiger partial charge in [0.15, 0.2) is 0 Å². The molecule has 0 bridgehead atoms. The van der Waals surface area contributed by atoms with Gasteiger partial charge in [0.25, 0.3) is 0 Å². The summed E-state index contributed by atoms with van der Waals surface area (Å²) >= 11 is 4.78. The summed E-state index contributed by atoms with van der Waals surface area (Å²) in [5.41, 5.74) is 6.63. The molecule has 0 aromatic heterocycles. The van der Waals surface area contributed by atoms with Crippen molar-refractivity contribution in [2.45, 2.75) is 6.92 Å². The summed E-state index contributed by atoms with van der Waals surface area (Å²) in [7, 11) is -3.22. The van der Waals surface area contributed by atoms with Crippen molar-refractivity contribution in [2.75, 3.05) is 10.5 Å². The maximum atomic E-state index is 11.2. The minimum Gasteiger partial charge on any atom is -0.389 e. The lowest BCUT2D eigenvalue weighted by atomic mass is 10.2. The van der Waals surface area contributed by atoms with E-state index >= 15 is 0 Å². The van der Waals surface area contributed by atoms with Gasteiger partial charge in [0.05, 0.1) is 5.75 Å². The second-order valence-corrected chi connectivity index (χ2v) is 5.40. The Balaban J connectivity index is 2.86. The molecule has 0 aliphatic carbocycles. The first-order chi connectivity index (χ1) is 6.94. The third kappa shape index (κ3) is 3.49. The van der Waals surface area contributed by atoms with Gasteiger partial charge in [-0.2, -0.15) is 0 Å². The maximum absolute atomic E-state index is 11.2. The molecule has 1 aromatic carbocycles. The number of rotatable bonds is 4.